The minimum Gasteiger partial charge on any atom is -0.505 e. The zero-order valence-corrected chi connectivity index (χ0v) is 8.25. The quantitative estimate of drug-likeness (QED) is 0.696. The second-order valence-corrected chi connectivity index (χ2v) is 3.31. The van der Waals surface area contributed by atoms with Crippen LogP contribution in [0, 0.1) is 11.6 Å². The van der Waals surface area contributed by atoms with Crippen molar-refractivity contribution in [2.75, 3.05) is 5.88 Å². The third-order valence-electron chi connectivity index (χ3n) is 1.90. The lowest BCUT2D eigenvalue weighted by molar-refractivity contribution is 0.0323. The topological polar surface area (TPSA) is 60.7 Å². The molecule has 6 heteroatoms. The van der Waals surface area contributed by atoms with Gasteiger partial charge < -0.3 is 15.3 Å². The number of hydrogen-bond donors (Lipinski definition) is 3. The Morgan fingerprint density at radius 3 is 2.33 bits per heavy atom. The van der Waals surface area contributed by atoms with E-state index in [1.807, 2.05) is 0 Å². The van der Waals surface area contributed by atoms with Crippen LogP contribution in [-0.2, 0) is 0 Å². The summed E-state index contributed by atoms with van der Waals surface area (Å²) in [6.07, 6.45) is -2.78. The summed E-state index contributed by atoms with van der Waals surface area (Å²) in [4.78, 5) is 0. The molecule has 0 spiro atoms. The highest BCUT2D eigenvalue weighted by Crippen LogP contribution is 2.26. The maximum Gasteiger partial charge on any atom is 0.200 e. The van der Waals surface area contributed by atoms with Gasteiger partial charge in [-0.15, -0.1) is 11.6 Å². The van der Waals surface area contributed by atoms with E-state index in [4.69, 9.17) is 21.8 Å². The van der Waals surface area contributed by atoms with Crippen LogP contribution in [-0.4, -0.2) is 27.3 Å². The number of hydrogen-bond acceptors (Lipinski definition) is 3. The Balaban J connectivity index is 3.06. The average Bonchev–Trinajstić information content (AvgIpc) is 2.23. The lowest BCUT2D eigenvalue weighted by Crippen LogP contribution is -2.19. The molecule has 0 amide bonds. The maximum atomic E-state index is 12.8. The van der Waals surface area contributed by atoms with Gasteiger partial charge in [-0.2, -0.15) is 4.39 Å². The summed E-state index contributed by atoms with van der Waals surface area (Å²) >= 11 is 5.27. The number of benzene rings is 1. The molecule has 0 aliphatic carbocycles. The molecule has 2 unspecified atom stereocenters. The monoisotopic (exact) mass is 238 g/mol. The highest BCUT2D eigenvalue weighted by atomic mass is 35.5. The molecule has 1 aromatic carbocycles. The van der Waals surface area contributed by atoms with Crippen molar-refractivity contribution in [3.63, 3.8) is 0 Å². The molecule has 1 rings (SSSR count). The molecule has 1 aromatic rings. The predicted molar refractivity (Wildman–Crippen MR) is 49.7 cm³/mol. The molecule has 0 fully saturated rings. The fraction of sp³-hybridized carbons (Fsp3) is 0.333. The van der Waals surface area contributed by atoms with Crippen LogP contribution in [0.25, 0.3) is 0 Å². The van der Waals surface area contributed by atoms with Crippen molar-refractivity contribution in [1.82, 2.24) is 0 Å². The molecule has 0 saturated heterocycles. The third kappa shape index (κ3) is 2.56. The van der Waals surface area contributed by atoms with Crippen LogP contribution >= 0.6 is 11.6 Å². The van der Waals surface area contributed by atoms with Gasteiger partial charge in [0.2, 0.25) is 0 Å². The predicted octanol–water partition coefficient (Wildman–Crippen LogP) is 1.30. The number of aliphatic hydroxyl groups is 2. The van der Waals surface area contributed by atoms with Crippen molar-refractivity contribution in [3.05, 3.63) is 29.3 Å². The molecule has 3 nitrogen and oxygen atoms in total. The summed E-state index contributed by atoms with van der Waals surface area (Å²) in [5, 5.41) is 27.5. The Labute approximate surface area is 89.5 Å². The van der Waals surface area contributed by atoms with Crippen molar-refractivity contribution >= 4 is 11.6 Å². The summed E-state index contributed by atoms with van der Waals surface area (Å²) in [5.74, 6) is -3.89. The Hall–Kier alpha value is -0.910. The number of phenolic OH excluding ortho intramolecular Hbond substituents is 1. The number of rotatable bonds is 3. The highest BCUT2D eigenvalue weighted by Gasteiger charge is 2.20. The molecule has 3 N–H and O–H groups in total. The number of aliphatic hydroxyl groups excluding tert-OH is 2. The van der Waals surface area contributed by atoms with E-state index in [9.17, 15) is 13.9 Å². The van der Waals surface area contributed by atoms with E-state index >= 15 is 0 Å². The van der Waals surface area contributed by atoms with E-state index < -0.39 is 29.6 Å². The second-order valence-electron chi connectivity index (χ2n) is 3.00. The summed E-state index contributed by atoms with van der Waals surface area (Å²) in [5.41, 5.74) is -0.139. The SMILES string of the molecule is Oc1cc(C(O)C(O)CCl)cc(F)c1F. The van der Waals surface area contributed by atoms with E-state index in [0.717, 1.165) is 6.07 Å². The van der Waals surface area contributed by atoms with Crippen LogP contribution < -0.4 is 0 Å². The van der Waals surface area contributed by atoms with E-state index in [2.05, 4.69) is 0 Å². The number of aromatic hydroxyl groups is 1. The smallest absolute Gasteiger partial charge is 0.200 e. The van der Waals surface area contributed by atoms with Crippen LogP contribution in [0.2, 0.25) is 0 Å². The first kappa shape index (κ1) is 12.2. The van der Waals surface area contributed by atoms with Crippen molar-refractivity contribution in [1.29, 1.82) is 0 Å². The Morgan fingerprint density at radius 2 is 1.87 bits per heavy atom. The minimum atomic E-state index is -1.47. The molecule has 0 heterocycles. The molecule has 15 heavy (non-hydrogen) atoms. The first-order valence-electron chi connectivity index (χ1n) is 4.07. The van der Waals surface area contributed by atoms with Crippen LogP contribution in [0.4, 0.5) is 8.78 Å². The van der Waals surface area contributed by atoms with Gasteiger partial charge in [0, 0.05) is 0 Å². The second kappa shape index (κ2) is 4.74. The summed E-state index contributed by atoms with van der Waals surface area (Å²) in [6.45, 7) is 0. The van der Waals surface area contributed by atoms with Gasteiger partial charge in [0.25, 0.3) is 0 Å². The first-order chi connectivity index (χ1) is 6.97. The van der Waals surface area contributed by atoms with Gasteiger partial charge in [0.15, 0.2) is 17.4 Å². The van der Waals surface area contributed by atoms with E-state index in [0.29, 0.717) is 6.07 Å². The molecule has 0 saturated carbocycles. The molecule has 0 aromatic heterocycles. The van der Waals surface area contributed by atoms with Crippen molar-refractivity contribution in [2.45, 2.75) is 12.2 Å². The van der Waals surface area contributed by atoms with Gasteiger partial charge >= 0.3 is 0 Å². The zero-order chi connectivity index (χ0) is 11.6. The average molecular weight is 239 g/mol. The summed E-state index contributed by atoms with van der Waals surface area (Å²) < 4.78 is 25.5. The standard InChI is InChI=1S/C9H9ClF2O3/c10-3-7(14)9(15)4-1-5(11)8(12)6(13)2-4/h1-2,7,9,13-15H,3H2. The minimum absolute atomic E-state index is 0.139. The van der Waals surface area contributed by atoms with Gasteiger partial charge in [-0.05, 0) is 17.7 Å². The fourth-order valence-electron chi connectivity index (χ4n) is 1.07. The van der Waals surface area contributed by atoms with Crippen molar-refractivity contribution in [3.8, 4) is 5.75 Å². The zero-order valence-electron chi connectivity index (χ0n) is 7.49. The molecule has 0 radical (unpaired) electrons. The molecular formula is C9H9ClF2O3. The number of halogens is 3. The van der Waals surface area contributed by atoms with Gasteiger partial charge in [0.05, 0.1) is 12.0 Å². The molecule has 0 aliphatic rings. The van der Waals surface area contributed by atoms with Crippen LogP contribution in [0.1, 0.15) is 11.7 Å². The van der Waals surface area contributed by atoms with Crippen LogP contribution in [0.5, 0.6) is 5.75 Å². The van der Waals surface area contributed by atoms with Crippen LogP contribution in [0.3, 0.4) is 0 Å². The molecule has 2 atom stereocenters. The number of phenols is 1. The summed E-state index contributed by atoms with van der Waals surface area (Å²) in [6, 6.07) is 1.52. The lowest BCUT2D eigenvalue weighted by Gasteiger charge is -2.16. The Bertz CT molecular complexity index is 336. The van der Waals surface area contributed by atoms with E-state index in [-0.39, 0.29) is 11.4 Å². The van der Waals surface area contributed by atoms with Crippen molar-refractivity contribution in [2.24, 2.45) is 0 Å². The highest BCUT2D eigenvalue weighted by molar-refractivity contribution is 6.18. The van der Waals surface area contributed by atoms with Crippen LogP contribution in [0.15, 0.2) is 12.1 Å². The largest absolute Gasteiger partial charge is 0.505 e. The Kier molecular flexibility index (Phi) is 3.84. The molecule has 84 valence electrons. The van der Waals surface area contributed by atoms with Gasteiger partial charge in [-0.25, -0.2) is 4.39 Å². The molecular weight excluding hydrogens is 230 g/mol. The Morgan fingerprint density at radius 1 is 1.27 bits per heavy atom. The van der Waals surface area contributed by atoms with Gasteiger partial charge in [-0.1, -0.05) is 0 Å². The molecule has 0 aliphatic heterocycles. The fourth-order valence-corrected chi connectivity index (χ4v) is 1.24. The number of alkyl halides is 1. The molecule has 0 bridgehead atoms. The maximum absolute atomic E-state index is 12.8. The van der Waals surface area contributed by atoms with E-state index in [1.54, 1.807) is 0 Å². The van der Waals surface area contributed by atoms with Crippen molar-refractivity contribution < 1.29 is 24.1 Å². The van der Waals surface area contributed by atoms with E-state index in [1.165, 1.54) is 0 Å². The lowest BCUT2D eigenvalue weighted by atomic mass is 10.0. The first-order valence-corrected chi connectivity index (χ1v) is 4.60. The third-order valence-corrected chi connectivity index (χ3v) is 2.21. The summed E-state index contributed by atoms with van der Waals surface area (Å²) in [7, 11) is 0. The normalized spacial score (nSPS) is 15.0. The van der Waals surface area contributed by atoms with Gasteiger partial charge in [0.1, 0.15) is 6.10 Å². The van der Waals surface area contributed by atoms with Gasteiger partial charge in [-0.3, -0.25) is 0 Å².